The number of hydrogen-bond acceptors (Lipinski definition) is 3. The van der Waals surface area contributed by atoms with Crippen molar-refractivity contribution in [2.75, 3.05) is 18.9 Å². The molecule has 0 bridgehead atoms. The van der Waals surface area contributed by atoms with E-state index in [0.717, 1.165) is 5.92 Å². The lowest BCUT2D eigenvalue weighted by molar-refractivity contribution is -0.117. The summed E-state index contributed by atoms with van der Waals surface area (Å²) in [6, 6.07) is 7.79. The third-order valence-corrected chi connectivity index (χ3v) is 4.08. The van der Waals surface area contributed by atoms with E-state index < -0.39 is 0 Å². The molecule has 0 heterocycles. The standard InChI is InChI=1S/C15H21N3OS/c1-10(11-7-8-11)18(2)9-14(19)17-13-6-4-3-5-12(13)15(16)20/h3-6,10-11H,7-9H2,1-2H3,(H2,16,20)(H,17,19). The highest BCUT2D eigenvalue weighted by Crippen LogP contribution is 2.34. The van der Waals surface area contributed by atoms with Crippen LogP contribution in [0.25, 0.3) is 0 Å². The van der Waals surface area contributed by atoms with Crippen LogP contribution in [0.15, 0.2) is 24.3 Å². The van der Waals surface area contributed by atoms with Crippen LogP contribution in [0, 0.1) is 5.92 Å². The van der Waals surface area contributed by atoms with Crippen LogP contribution in [0.4, 0.5) is 5.69 Å². The van der Waals surface area contributed by atoms with Gasteiger partial charge < -0.3 is 11.1 Å². The number of carbonyl (C=O) groups excluding carboxylic acids is 1. The SMILES string of the molecule is CC(C1CC1)N(C)CC(=O)Nc1ccccc1C(N)=S. The molecule has 3 N–H and O–H groups in total. The number of para-hydroxylation sites is 1. The van der Waals surface area contributed by atoms with Gasteiger partial charge in [-0.15, -0.1) is 0 Å². The summed E-state index contributed by atoms with van der Waals surface area (Å²) in [5.41, 5.74) is 7.04. The molecule has 0 aliphatic heterocycles. The fourth-order valence-electron chi connectivity index (χ4n) is 2.31. The molecule has 2 rings (SSSR count). The smallest absolute Gasteiger partial charge is 0.238 e. The average molecular weight is 291 g/mol. The van der Waals surface area contributed by atoms with E-state index in [4.69, 9.17) is 18.0 Å². The maximum absolute atomic E-state index is 12.1. The van der Waals surface area contributed by atoms with Crippen molar-refractivity contribution in [3.8, 4) is 0 Å². The first kappa shape index (κ1) is 14.9. The van der Waals surface area contributed by atoms with Crippen LogP contribution in [0.2, 0.25) is 0 Å². The molecule has 1 unspecified atom stereocenters. The lowest BCUT2D eigenvalue weighted by Gasteiger charge is -2.24. The van der Waals surface area contributed by atoms with E-state index in [1.165, 1.54) is 12.8 Å². The summed E-state index contributed by atoms with van der Waals surface area (Å²) >= 11 is 4.99. The molecule has 1 aromatic carbocycles. The van der Waals surface area contributed by atoms with Crippen LogP contribution in [-0.2, 0) is 4.79 Å². The van der Waals surface area contributed by atoms with Crippen molar-refractivity contribution >= 4 is 28.8 Å². The number of rotatable bonds is 6. The summed E-state index contributed by atoms with van der Waals surface area (Å²) in [5, 5.41) is 2.89. The number of anilines is 1. The predicted octanol–water partition coefficient (Wildman–Crippen LogP) is 1.99. The Hall–Kier alpha value is -1.46. The topological polar surface area (TPSA) is 58.4 Å². The van der Waals surface area contributed by atoms with Gasteiger partial charge in [0.1, 0.15) is 4.99 Å². The van der Waals surface area contributed by atoms with Gasteiger partial charge in [-0.25, -0.2) is 0 Å². The molecule has 1 aromatic rings. The molecule has 1 saturated carbocycles. The lowest BCUT2D eigenvalue weighted by Crippen LogP contribution is -2.37. The normalized spacial score (nSPS) is 15.9. The van der Waals surface area contributed by atoms with E-state index >= 15 is 0 Å². The minimum Gasteiger partial charge on any atom is -0.389 e. The average Bonchev–Trinajstić information content (AvgIpc) is 3.22. The molecule has 108 valence electrons. The molecule has 20 heavy (non-hydrogen) atoms. The minimum absolute atomic E-state index is 0.0382. The highest BCUT2D eigenvalue weighted by atomic mass is 32.1. The Bertz CT molecular complexity index is 514. The Labute approximate surface area is 125 Å². The number of likely N-dealkylation sites (N-methyl/N-ethyl adjacent to an activating group) is 1. The largest absolute Gasteiger partial charge is 0.389 e. The number of thiocarbonyl (C=S) groups is 1. The highest BCUT2D eigenvalue weighted by molar-refractivity contribution is 7.80. The number of nitrogens with two attached hydrogens (primary N) is 1. The van der Waals surface area contributed by atoms with E-state index in [0.29, 0.717) is 28.8 Å². The molecule has 1 aliphatic rings. The third kappa shape index (κ3) is 3.77. The van der Waals surface area contributed by atoms with E-state index in [9.17, 15) is 4.79 Å². The van der Waals surface area contributed by atoms with Crippen molar-refractivity contribution in [1.82, 2.24) is 4.90 Å². The fourth-order valence-corrected chi connectivity index (χ4v) is 2.48. The molecule has 0 aromatic heterocycles. The van der Waals surface area contributed by atoms with Crippen LogP contribution >= 0.6 is 12.2 Å². The Balaban J connectivity index is 1.95. The number of benzene rings is 1. The van der Waals surface area contributed by atoms with E-state index in [2.05, 4.69) is 17.1 Å². The quantitative estimate of drug-likeness (QED) is 0.787. The summed E-state index contributed by atoms with van der Waals surface area (Å²) in [6.45, 7) is 2.55. The van der Waals surface area contributed by atoms with Gasteiger partial charge in [0.25, 0.3) is 0 Å². The lowest BCUT2D eigenvalue weighted by atomic mass is 10.1. The molecular formula is C15H21N3OS. The zero-order valence-electron chi connectivity index (χ0n) is 11.9. The Kier molecular flexibility index (Phi) is 4.73. The van der Waals surface area contributed by atoms with Gasteiger partial charge in [0.2, 0.25) is 5.91 Å². The molecular weight excluding hydrogens is 270 g/mol. The summed E-state index contributed by atoms with van der Waals surface area (Å²) < 4.78 is 0. The maximum Gasteiger partial charge on any atom is 0.238 e. The number of hydrogen-bond donors (Lipinski definition) is 2. The van der Waals surface area contributed by atoms with Crippen LogP contribution in [-0.4, -0.2) is 35.4 Å². The molecule has 5 heteroatoms. The maximum atomic E-state index is 12.1. The Morgan fingerprint density at radius 1 is 1.50 bits per heavy atom. The first-order chi connectivity index (χ1) is 9.49. The third-order valence-electron chi connectivity index (χ3n) is 3.86. The van der Waals surface area contributed by atoms with Crippen molar-refractivity contribution in [2.24, 2.45) is 11.7 Å². The zero-order chi connectivity index (χ0) is 14.7. The summed E-state index contributed by atoms with van der Waals surface area (Å²) in [5.74, 6) is 0.709. The molecule has 1 fully saturated rings. The Morgan fingerprint density at radius 3 is 2.75 bits per heavy atom. The van der Waals surface area contributed by atoms with E-state index in [1.54, 1.807) is 0 Å². The Morgan fingerprint density at radius 2 is 2.15 bits per heavy atom. The molecule has 1 amide bonds. The van der Waals surface area contributed by atoms with Crippen molar-refractivity contribution < 1.29 is 4.79 Å². The summed E-state index contributed by atoms with van der Waals surface area (Å²) in [6.07, 6.45) is 2.55. The van der Waals surface area contributed by atoms with Gasteiger partial charge in [0.15, 0.2) is 0 Å². The highest BCUT2D eigenvalue weighted by Gasteiger charge is 2.31. The predicted molar refractivity (Wildman–Crippen MR) is 85.8 cm³/mol. The molecule has 0 radical (unpaired) electrons. The molecule has 4 nitrogen and oxygen atoms in total. The van der Waals surface area contributed by atoms with Gasteiger partial charge in [-0.05, 0) is 44.9 Å². The second kappa shape index (κ2) is 6.33. The van der Waals surface area contributed by atoms with Gasteiger partial charge in [0.05, 0.1) is 12.2 Å². The minimum atomic E-state index is -0.0382. The van der Waals surface area contributed by atoms with Crippen LogP contribution in [0.3, 0.4) is 0 Å². The number of nitrogens with one attached hydrogen (secondary N) is 1. The summed E-state index contributed by atoms with van der Waals surface area (Å²) in [4.78, 5) is 14.5. The molecule has 0 spiro atoms. The van der Waals surface area contributed by atoms with Crippen molar-refractivity contribution in [3.63, 3.8) is 0 Å². The number of carbonyl (C=O) groups is 1. The van der Waals surface area contributed by atoms with Crippen LogP contribution in [0.1, 0.15) is 25.3 Å². The second-order valence-electron chi connectivity index (χ2n) is 5.45. The molecule has 0 saturated heterocycles. The van der Waals surface area contributed by atoms with Crippen molar-refractivity contribution in [3.05, 3.63) is 29.8 Å². The molecule has 1 aliphatic carbocycles. The second-order valence-corrected chi connectivity index (χ2v) is 5.89. The number of amides is 1. The first-order valence-electron chi connectivity index (χ1n) is 6.88. The monoisotopic (exact) mass is 291 g/mol. The van der Waals surface area contributed by atoms with Gasteiger partial charge in [-0.2, -0.15) is 0 Å². The van der Waals surface area contributed by atoms with Crippen LogP contribution < -0.4 is 11.1 Å². The van der Waals surface area contributed by atoms with Gasteiger partial charge >= 0.3 is 0 Å². The summed E-state index contributed by atoms with van der Waals surface area (Å²) in [7, 11) is 1.99. The first-order valence-corrected chi connectivity index (χ1v) is 7.28. The van der Waals surface area contributed by atoms with Gasteiger partial charge in [0, 0.05) is 11.6 Å². The van der Waals surface area contributed by atoms with Crippen LogP contribution in [0.5, 0.6) is 0 Å². The van der Waals surface area contributed by atoms with Crippen molar-refractivity contribution in [2.45, 2.75) is 25.8 Å². The van der Waals surface area contributed by atoms with E-state index in [-0.39, 0.29) is 5.91 Å². The number of nitrogens with zero attached hydrogens (tertiary/aromatic N) is 1. The van der Waals surface area contributed by atoms with Crippen molar-refractivity contribution in [1.29, 1.82) is 0 Å². The van der Waals surface area contributed by atoms with E-state index in [1.807, 2.05) is 31.3 Å². The molecule has 1 atom stereocenters. The zero-order valence-corrected chi connectivity index (χ0v) is 12.7. The fraction of sp³-hybridized carbons (Fsp3) is 0.467. The van der Waals surface area contributed by atoms with Gasteiger partial charge in [-0.1, -0.05) is 24.4 Å². The van der Waals surface area contributed by atoms with Gasteiger partial charge in [-0.3, -0.25) is 9.69 Å².